The highest BCUT2D eigenvalue weighted by molar-refractivity contribution is 5.97. The molecular formula is C22H27N7O3. The number of nitrogens with zero attached hydrogens (tertiary/aromatic N) is 5. The number of pyridine rings is 1. The van der Waals surface area contributed by atoms with Crippen molar-refractivity contribution in [1.29, 1.82) is 0 Å². The number of carbonyl (C=O) groups is 1. The van der Waals surface area contributed by atoms with E-state index in [9.17, 15) is 4.79 Å². The molecular weight excluding hydrogens is 410 g/mol. The number of hydrogen-bond acceptors (Lipinski definition) is 9. The van der Waals surface area contributed by atoms with E-state index in [1.807, 2.05) is 18.2 Å². The van der Waals surface area contributed by atoms with E-state index in [0.717, 1.165) is 36.4 Å². The highest BCUT2D eigenvalue weighted by Crippen LogP contribution is 2.20. The molecule has 32 heavy (non-hydrogen) atoms. The Balaban J connectivity index is 1.26. The first-order chi connectivity index (χ1) is 15.7. The Labute approximate surface area is 186 Å². The molecule has 4 heterocycles. The van der Waals surface area contributed by atoms with Gasteiger partial charge in [0.2, 0.25) is 5.88 Å². The van der Waals surface area contributed by atoms with Crippen LogP contribution in [-0.2, 0) is 11.3 Å². The molecule has 10 heteroatoms. The minimum atomic E-state index is -0.308. The Hall–Kier alpha value is -3.37. The first-order valence-electron chi connectivity index (χ1n) is 10.7. The van der Waals surface area contributed by atoms with Crippen molar-refractivity contribution >= 4 is 11.9 Å². The zero-order valence-electron chi connectivity index (χ0n) is 17.8. The summed E-state index contributed by atoms with van der Waals surface area (Å²) in [6, 6.07) is 3.85. The SMILES string of the molecule is NCCOc1cncc(-c2ccnc(CNCC[C@H]3CN(C4=NC=CCC4)C(=O)O3)c2)n1. The van der Waals surface area contributed by atoms with Gasteiger partial charge in [0, 0.05) is 37.5 Å². The lowest BCUT2D eigenvalue weighted by Gasteiger charge is -2.16. The average Bonchev–Trinajstić information content (AvgIpc) is 3.22. The van der Waals surface area contributed by atoms with E-state index in [1.165, 1.54) is 0 Å². The first kappa shape index (κ1) is 21.8. The summed E-state index contributed by atoms with van der Waals surface area (Å²) in [5, 5.41) is 3.37. The molecule has 168 valence electrons. The predicted molar refractivity (Wildman–Crippen MR) is 119 cm³/mol. The van der Waals surface area contributed by atoms with Crippen molar-refractivity contribution in [2.24, 2.45) is 10.7 Å². The quantitative estimate of drug-likeness (QED) is 0.569. The Kier molecular flexibility index (Phi) is 7.36. The van der Waals surface area contributed by atoms with Gasteiger partial charge in [-0.2, -0.15) is 0 Å². The number of hydrogen-bond donors (Lipinski definition) is 2. The molecule has 0 aromatic carbocycles. The van der Waals surface area contributed by atoms with Crippen LogP contribution in [0.15, 0.2) is 48.0 Å². The van der Waals surface area contributed by atoms with Gasteiger partial charge in [-0.25, -0.2) is 14.8 Å². The first-order valence-corrected chi connectivity index (χ1v) is 10.7. The maximum atomic E-state index is 12.1. The summed E-state index contributed by atoms with van der Waals surface area (Å²) in [7, 11) is 0. The lowest BCUT2D eigenvalue weighted by molar-refractivity contribution is 0.132. The largest absolute Gasteiger partial charge is 0.475 e. The summed E-state index contributed by atoms with van der Waals surface area (Å²) < 4.78 is 10.9. The number of allylic oxidation sites excluding steroid dienone is 1. The molecule has 0 bridgehead atoms. The van der Waals surface area contributed by atoms with Gasteiger partial charge < -0.3 is 20.5 Å². The highest BCUT2D eigenvalue weighted by atomic mass is 16.6. The standard InChI is InChI=1S/C22H27N7O3/c23-6-10-31-21-14-25-13-19(28-21)16-4-9-26-17(11-16)12-24-8-5-18-15-29(22(30)32-18)20-3-1-2-7-27-20/h2,4,7,9,11,13-14,18,24H,1,3,5-6,8,10,12,15,23H2/t18-/m0/s1. The van der Waals surface area contributed by atoms with Gasteiger partial charge in [0.25, 0.3) is 0 Å². The van der Waals surface area contributed by atoms with Gasteiger partial charge in [-0.05, 0) is 31.5 Å². The Morgan fingerprint density at radius 3 is 3.12 bits per heavy atom. The number of ether oxygens (including phenoxy) is 2. The van der Waals surface area contributed by atoms with Gasteiger partial charge in [0.1, 0.15) is 18.5 Å². The second-order valence-corrected chi connectivity index (χ2v) is 7.47. The van der Waals surface area contributed by atoms with Crippen LogP contribution in [0, 0.1) is 0 Å². The number of aromatic nitrogens is 3. The van der Waals surface area contributed by atoms with Crippen LogP contribution in [0.5, 0.6) is 5.88 Å². The lowest BCUT2D eigenvalue weighted by Crippen LogP contribution is -2.33. The number of aliphatic imine (C=N–C) groups is 1. The smallest absolute Gasteiger partial charge is 0.415 e. The monoisotopic (exact) mass is 437 g/mol. The number of amidine groups is 1. The van der Waals surface area contributed by atoms with E-state index in [2.05, 4.69) is 25.3 Å². The third-order valence-electron chi connectivity index (χ3n) is 5.09. The van der Waals surface area contributed by atoms with Crippen LogP contribution in [0.3, 0.4) is 0 Å². The topological polar surface area (TPSA) is 128 Å². The van der Waals surface area contributed by atoms with Gasteiger partial charge in [-0.3, -0.25) is 14.9 Å². The molecule has 2 aromatic rings. The summed E-state index contributed by atoms with van der Waals surface area (Å²) >= 11 is 0. The molecule has 0 unspecified atom stereocenters. The number of cyclic esters (lactones) is 1. The normalized spacial score (nSPS) is 17.9. The Morgan fingerprint density at radius 2 is 2.28 bits per heavy atom. The molecule has 2 aromatic heterocycles. The van der Waals surface area contributed by atoms with Crippen molar-refractivity contribution in [3.05, 3.63) is 48.7 Å². The number of nitrogens with one attached hydrogen (secondary N) is 1. The van der Waals surface area contributed by atoms with Crippen LogP contribution in [0.4, 0.5) is 4.79 Å². The molecule has 2 aliphatic rings. The molecule has 3 N–H and O–H groups in total. The molecule has 0 saturated carbocycles. The fourth-order valence-corrected chi connectivity index (χ4v) is 3.51. The van der Waals surface area contributed by atoms with E-state index in [4.69, 9.17) is 15.2 Å². The molecule has 1 amide bonds. The van der Waals surface area contributed by atoms with Gasteiger partial charge in [0.05, 0.1) is 30.3 Å². The van der Waals surface area contributed by atoms with Crippen molar-refractivity contribution < 1.29 is 14.3 Å². The number of carbonyl (C=O) groups excluding carboxylic acids is 1. The molecule has 1 saturated heterocycles. The van der Waals surface area contributed by atoms with Crippen molar-refractivity contribution in [3.63, 3.8) is 0 Å². The maximum absolute atomic E-state index is 12.1. The van der Waals surface area contributed by atoms with E-state index >= 15 is 0 Å². The van der Waals surface area contributed by atoms with Gasteiger partial charge >= 0.3 is 6.09 Å². The predicted octanol–water partition coefficient (Wildman–Crippen LogP) is 1.88. The zero-order valence-corrected chi connectivity index (χ0v) is 17.8. The van der Waals surface area contributed by atoms with Crippen molar-refractivity contribution in [3.8, 4) is 17.1 Å². The van der Waals surface area contributed by atoms with Crippen molar-refractivity contribution in [2.75, 3.05) is 26.2 Å². The van der Waals surface area contributed by atoms with Gasteiger partial charge in [-0.1, -0.05) is 6.08 Å². The zero-order chi connectivity index (χ0) is 22.2. The van der Waals surface area contributed by atoms with Crippen molar-refractivity contribution in [2.45, 2.75) is 31.9 Å². The van der Waals surface area contributed by atoms with E-state index in [-0.39, 0.29) is 12.2 Å². The third-order valence-corrected chi connectivity index (χ3v) is 5.09. The summed E-state index contributed by atoms with van der Waals surface area (Å²) in [5.41, 5.74) is 7.97. The minimum absolute atomic E-state index is 0.144. The Morgan fingerprint density at radius 1 is 1.34 bits per heavy atom. The van der Waals surface area contributed by atoms with Crippen LogP contribution in [0.25, 0.3) is 11.3 Å². The number of nitrogens with two attached hydrogens (primary N) is 1. The van der Waals surface area contributed by atoms with Crippen LogP contribution in [0.2, 0.25) is 0 Å². The van der Waals surface area contributed by atoms with Crippen molar-refractivity contribution in [1.82, 2.24) is 25.2 Å². The third kappa shape index (κ3) is 5.65. The molecule has 4 rings (SSSR count). The Bertz CT molecular complexity index is 995. The molecule has 1 fully saturated rings. The highest BCUT2D eigenvalue weighted by Gasteiger charge is 2.33. The minimum Gasteiger partial charge on any atom is -0.475 e. The fourth-order valence-electron chi connectivity index (χ4n) is 3.51. The second kappa shape index (κ2) is 10.8. The maximum Gasteiger partial charge on any atom is 0.415 e. The molecule has 0 radical (unpaired) electrons. The number of rotatable bonds is 9. The van der Waals surface area contributed by atoms with Crippen LogP contribution in [-0.4, -0.2) is 64.1 Å². The van der Waals surface area contributed by atoms with Crippen LogP contribution < -0.4 is 15.8 Å². The summed E-state index contributed by atoms with van der Waals surface area (Å²) in [6.07, 6.45) is 10.7. The summed E-state index contributed by atoms with van der Waals surface area (Å²) in [6.45, 7) is 2.64. The molecule has 0 spiro atoms. The average molecular weight is 438 g/mol. The summed E-state index contributed by atoms with van der Waals surface area (Å²) in [4.78, 5) is 31.2. The molecule has 2 aliphatic heterocycles. The van der Waals surface area contributed by atoms with E-state index in [0.29, 0.717) is 44.4 Å². The lowest BCUT2D eigenvalue weighted by atomic mass is 10.1. The second-order valence-electron chi connectivity index (χ2n) is 7.47. The molecule has 0 aliphatic carbocycles. The molecule has 10 nitrogen and oxygen atoms in total. The number of amides is 1. The van der Waals surface area contributed by atoms with Crippen LogP contribution in [0.1, 0.15) is 25.0 Å². The fraction of sp³-hybridized carbons (Fsp3) is 0.409. The van der Waals surface area contributed by atoms with E-state index < -0.39 is 0 Å². The van der Waals surface area contributed by atoms with E-state index in [1.54, 1.807) is 29.7 Å². The molecule has 1 atom stereocenters. The van der Waals surface area contributed by atoms with Gasteiger partial charge in [0.15, 0.2) is 0 Å². The van der Waals surface area contributed by atoms with Crippen LogP contribution >= 0.6 is 0 Å². The van der Waals surface area contributed by atoms with Gasteiger partial charge in [-0.15, -0.1) is 0 Å². The summed E-state index contributed by atoms with van der Waals surface area (Å²) in [5.74, 6) is 1.23.